The van der Waals surface area contributed by atoms with E-state index in [1.54, 1.807) is 25.1 Å². The van der Waals surface area contributed by atoms with Gasteiger partial charge in [-0.1, -0.05) is 67.9 Å². The van der Waals surface area contributed by atoms with E-state index in [9.17, 15) is 32.4 Å². The minimum atomic E-state index is -3.82. The van der Waals surface area contributed by atoms with Crippen LogP contribution in [0.4, 0.5) is 0 Å². The summed E-state index contributed by atoms with van der Waals surface area (Å²) in [5.41, 5.74) is -2.97. The first-order valence-electron chi connectivity index (χ1n) is 18.2. The van der Waals surface area contributed by atoms with Gasteiger partial charge < -0.3 is 14.5 Å². The van der Waals surface area contributed by atoms with E-state index in [0.29, 0.717) is 32.2 Å². The van der Waals surface area contributed by atoms with Gasteiger partial charge in [0.1, 0.15) is 0 Å². The monoisotopic (exact) mass is 717 g/mol. The molecule has 0 radical (unpaired) electrons. The van der Waals surface area contributed by atoms with Crippen molar-refractivity contribution in [3.8, 4) is 0 Å². The summed E-state index contributed by atoms with van der Waals surface area (Å²) in [6.07, 6.45) is 5.02. The van der Waals surface area contributed by atoms with Crippen LogP contribution in [-0.2, 0) is 38.7 Å². The highest BCUT2D eigenvalue weighted by Crippen LogP contribution is 2.88. The maximum atomic E-state index is 14.8. The topological polar surface area (TPSA) is 147 Å². The number of hydrogen-bond donors (Lipinski definition) is 1. The molecule has 50 heavy (non-hydrogen) atoms. The van der Waals surface area contributed by atoms with Crippen molar-refractivity contribution in [1.29, 1.82) is 0 Å². The molecular weight excluding hydrogens is 658 g/mol. The molecule has 1 N–H and O–H groups in total. The molecule has 6 atom stereocenters. The number of amides is 3. The third-order valence-corrected chi connectivity index (χ3v) is 15.3. The molecule has 2 spiro atoms. The number of nitrogens with one attached hydrogen (secondary N) is 1. The summed E-state index contributed by atoms with van der Waals surface area (Å²) in [6.45, 7) is 19.8. The number of likely N-dealkylation sites (tertiary alicyclic amines) is 1. The number of hydrogen-bond acceptors (Lipinski definition) is 8. The van der Waals surface area contributed by atoms with Gasteiger partial charge in [0.2, 0.25) is 21.8 Å². The Hall–Kier alpha value is -2.76. The highest BCUT2D eigenvalue weighted by atomic mass is 32.2. The second-order valence-corrected chi connectivity index (χ2v) is 20.9. The number of fused-ring (bicyclic) bond motifs is 1. The van der Waals surface area contributed by atoms with Gasteiger partial charge >= 0.3 is 5.97 Å². The molecule has 0 bridgehead atoms. The Balaban J connectivity index is 1.43. The van der Waals surface area contributed by atoms with Crippen molar-refractivity contribution in [3.05, 3.63) is 12.7 Å². The summed E-state index contributed by atoms with van der Waals surface area (Å²) in [6, 6.07) is -0.823. The Kier molecular flexibility index (Phi) is 9.35. The van der Waals surface area contributed by atoms with Crippen LogP contribution in [0.5, 0.6) is 0 Å². The second kappa shape index (κ2) is 12.2. The average Bonchev–Trinajstić information content (AvgIpc) is 3.90. The zero-order valence-corrected chi connectivity index (χ0v) is 32.6. The number of Topliss-reactive ketones (excluding diaryl/α,β-unsaturated/α-hetero) is 1. The van der Waals surface area contributed by atoms with E-state index in [1.807, 2.05) is 41.5 Å². The maximum Gasteiger partial charge on any atom is 0.307 e. The first-order valence-corrected chi connectivity index (χ1v) is 19.8. The van der Waals surface area contributed by atoms with Crippen LogP contribution >= 0.6 is 0 Å². The largest absolute Gasteiger partial charge is 0.452 e. The van der Waals surface area contributed by atoms with Crippen LogP contribution in [0.25, 0.3) is 0 Å². The third-order valence-electron chi connectivity index (χ3n) is 13.4. The Morgan fingerprint density at radius 2 is 1.58 bits per heavy atom. The third kappa shape index (κ3) is 6.12. The standard InChI is InChI=1S/C38H59N3O8S/c1-12-23-19-36(23,32(46)39-50(47,48)24-14-15-24)21-27(42)26-20-38(35(8,9)37(38)16-13-17-37)22-41(26)30(44)25(33(2,3)4)18-28(43)49-29(34(5,6)7)31(45)40(10)11/h12,23-26,29H,1,13-22H2,2-11H3,(H,39,46)/t23-,25-,26+,29-,36-,38-/m1/s1. The molecular formula is C38H59N3O8S. The van der Waals surface area contributed by atoms with Crippen molar-refractivity contribution in [3.63, 3.8) is 0 Å². The predicted octanol–water partition coefficient (Wildman–Crippen LogP) is 4.64. The molecule has 1 aliphatic heterocycles. The number of ketones is 1. The van der Waals surface area contributed by atoms with Crippen LogP contribution in [0, 0.1) is 44.3 Å². The molecule has 1 saturated heterocycles. The minimum absolute atomic E-state index is 0.0207. The van der Waals surface area contributed by atoms with Crippen molar-refractivity contribution in [2.24, 2.45) is 44.3 Å². The normalized spacial score (nSPS) is 30.6. The molecule has 0 aromatic heterocycles. The van der Waals surface area contributed by atoms with Crippen LogP contribution in [0.15, 0.2) is 12.7 Å². The fourth-order valence-corrected chi connectivity index (χ4v) is 11.0. The molecule has 4 aliphatic carbocycles. The Morgan fingerprint density at radius 1 is 0.980 bits per heavy atom. The van der Waals surface area contributed by atoms with Crippen molar-refractivity contribution in [1.82, 2.24) is 14.5 Å². The molecule has 1 heterocycles. The lowest BCUT2D eigenvalue weighted by Gasteiger charge is -2.36. The summed E-state index contributed by atoms with van der Waals surface area (Å²) in [7, 11) is -0.618. The molecule has 11 nitrogen and oxygen atoms in total. The Morgan fingerprint density at radius 3 is 2.00 bits per heavy atom. The highest BCUT2D eigenvalue weighted by molar-refractivity contribution is 7.90. The zero-order valence-electron chi connectivity index (χ0n) is 31.8. The van der Waals surface area contributed by atoms with Gasteiger partial charge in [-0.15, -0.1) is 6.58 Å². The SMILES string of the molecule is C=C[C@@H]1C[C@]1(CC(=O)[C@@H]1C[C@@]2(CN1C(=O)[C@@H](CC(=O)O[C@H](C(=O)N(C)C)C(C)(C)C)C(C)(C)C)C(C)(C)C21CCC1)C(=O)NS(=O)(=O)C1CC1. The molecule has 0 aromatic rings. The van der Waals surface area contributed by atoms with Gasteiger partial charge in [0.25, 0.3) is 5.91 Å². The van der Waals surface area contributed by atoms with Gasteiger partial charge in [0.15, 0.2) is 11.9 Å². The van der Waals surface area contributed by atoms with E-state index in [1.165, 1.54) is 4.90 Å². The number of sulfonamides is 1. The number of carbonyl (C=O) groups is 5. The lowest BCUT2D eigenvalue weighted by atomic mass is 9.73. The van der Waals surface area contributed by atoms with Crippen LogP contribution < -0.4 is 4.72 Å². The minimum Gasteiger partial charge on any atom is -0.452 e. The molecule has 0 unspecified atom stereocenters. The smallest absolute Gasteiger partial charge is 0.307 e. The van der Waals surface area contributed by atoms with Crippen LogP contribution in [0.1, 0.15) is 113 Å². The van der Waals surface area contributed by atoms with Crippen LogP contribution in [-0.4, -0.2) is 85.7 Å². The van der Waals surface area contributed by atoms with E-state index >= 15 is 0 Å². The van der Waals surface area contributed by atoms with E-state index < -0.39 is 61.5 Å². The van der Waals surface area contributed by atoms with Gasteiger partial charge in [0, 0.05) is 37.9 Å². The molecule has 3 amide bonds. The molecule has 5 fully saturated rings. The van der Waals surface area contributed by atoms with Gasteiger partial charge in [-0.2, -0.15) is 0 Å². The molecule has 4 saturated carbocycles. The average molecular weight is 718 g/mol. The molecule has 280 valence electrons. The number of carbonyl (C=O) groups excluding carboxylic acids is 5. The Bertz CT molecular complexity index is 1580. The lowest BCUT2D eigenvalue weighted by molar-refractivity contribution is -0.169. The number of nitrogens with zero attached hydrogens (tertiary/aromatic N) is 2. The van der Waals surface area contributed by atoms with E-state index in [0.717, 1.165) is 19.3 Å². The number of esters is 1. The fraction of sp³-hybridized carbons (Fsp3) is 0.816. The van der Waals surface area contributed by atoms with Crippen molar-refractivity contribution in [2.75, 3.05) is 20.6 Å². The maximum absolute atomic E-state index is 14.8. The number of ether oxygens (including phenoxy) is 1. The van der Waals surface area contributed by atoms with Crippen LogP contribution in [0.3, 0.4) is 0 Å². The van der Waals surface area contributed by atoms with Crippen molar-refractivity contribution >= 4 is 39.5 Å². The van der Waals surface area contributed by atoms with Crippen LogP contribution in [0.2, 0.25) is 0 Å². The molecule has 0 aromatic carbocycles. The van der Waals surface area contributed by atoms with E-state index in [2.05, 4.69) is 25.1 Å². The Labute approximate surface area is 298 Å². The number of rotatable bonds is 12. The second-order valence-electron chi connectivity index (χ2n) is 18.9. The van der Waals surface area contributed by atoms with E-state index in [4.69, 9.17) is 4.74 Å². The van der Waals surface area contributed by atoms with Gasteiger partial charge in [-0.3, -0.25) is 28.7 Å². The van der Waals surface area contributed by atoms with E-state index in [-0.39, 0.29) is 52.6 Å². The number of likely N-dealkylation sites (N-methyl/N-ethyl adjacent to an activating group) is 1. The summed E-state index contributed by atoms with van der Waals surface area (Å²) >= 11 is 0. The molecule has 12 heteroatoms. The predicted molar refractivity (Wildman–Crippen MR) is 189 cm³/mol. The summed E-state index contributed by atoms with van der Waals surface area (Å²) in [5.74, 6) is -3.47. The van der Waals surface area contributed by atoms with Gasteiger partial charge in [0.05, 0.1) is 29.0 Å². The first kappa shape index (κ1) is 38.5. The quantitative estimate of drug-likeness (QED) is 0.227. The van der Waals surface area contributed by atoms with Crippen molar-refractivity contribution < 1.29 is 37.1 Å². The number of allylic oxidation sites excluding steroid dienone is 1. The highest BCUT2D eigenvalue weighted by Gasteiger charge is 2.85. The van der Waals surface area contributed by atoms with Crippen molar-refractivity contribution in [2.45, 2.75) is 131 Å². The molecule has 5 aliphatic rings. The van der Waals surface area contributed by atoms with Gasteiger partial charge in [-0.05, 0) is 60.7 Å². The zero-order chi connectivity index (χ0) is 37.6. The summed E-state index contributed by atoms with van der Waals surface area (Å²) in [5, 5.41) is -0.584. The summed E-state index contributed by atoms with van der Waals surface area (Å²) < 4.78 is 33.5. The lowest BCUT2D eigenvalue weighted by Crippen LogP contribution is -2.49. The van der Waals surface area contributed by atoms with Gasteiger partial charge in [-0.25, -0.2) is 8.42 Å². The fourth-order valence-electron chi connectivity index (χ4n) is 9.57. The first-order chi connectivity index (χ1) is 22.8. The molecule has 5 rings (SSSR count). The summed E-state index contributed by atoms with van der Waals surface area (Å²) in [4.78, 5) is 72.6.